The van der Waals surface area contributed by atoms with Gasteiger partial charge in [-0.2, -0.15) is 0 Å². The topological polar surface area (TPSA) is 92.9 Å². The molecule has 0 aliphatic heterocycles. The molecule has 2 amide bonds. The summed E-state index contributed by atoms with van der Waals surface area (Å²) in [5.41, 5.74) is 0.828. The lowest BCUT2D eigenvalue weighted by molar-refractivity contribution is 0.252. The fraction of sp³-hybridized carbons (Fsp3) is 0.273. The lowest BCUT2D eigenvalue weighted by Crippen LogP contribution is -2.28. The van der Waals surface area contributed by atoms with Crippen LogP contribution in [-0.2, 0) is 0 Å². The fourth-order valence-corrected chi connectivity index (χ4v) is 2.24. The Bertz CT molecular complexity index is 604. The van der Waals surface area contributed by atoms with Gasteiger partial charge in [0.2, 0.25) is 0 Å². The Kier molecular flexibility index (Phi) is 3.91. The summed E-state index contributed by atoms with van der Waals surface area (Å²) < 4.78 is 5.36. The van der Waals surface area contributed by atoms with E-state index >= 15 is 0 Å². The second kappa shape index (κ2) is 5.61. The van der Waals surface area contributed by atoms with Gasteiger partial charge in [0.25, 0.3) is 5.89 Å². The van der Waals surface area contributed by atoms with Crippen LogP contribution in [0.2, 0.25) is 0 Å². The van der Waals surface area contributed by atoms with Gasteiger partial charge in [0.05, 0.1) is 10.7 Å². The summed E-state index contributed by atoms with van der Waals surface area (Å²) in [7, 11) is 0. The molecule has 0 atom stereocenters. The highest BCUT2D eigenvalue weighted by atomic mass is 32.1. The maximum atomic E-state index is 11.4. The number of rotatable bonds is 4. The minimum absolute atomic E-state index is 0.0435. The van der Waals surface area contributed by atoms with Crippen LogP contribution in [0.1, 0.15) is 10.7 Å². The smallest absolute Gasteiger partial charge is 0.324 e. The third-order valence-electron chi connectivity index (χ3n) is 2.15. The lowest BCUT2D eigenvalue weighted by Gasteiger charge is -1.99. The summed E-state index contributed by atoms with van der Waals surface area (Å²) in [5.74, 6) is 0.349. The number of urea groups is 1. The van der Waals surface area contributed by atoms with Crippen molar-refractivity contribution in [3.05, 3.63) is 23.4 Å². The highest BCUT2D eigenvalue weighted by Crippen LogP contribution is 2.29. The molecule has 2 heterocycles. The molecule has 0 aromatic carbocycles. The molecule has 100 valence electrons. The molecule has 2 aromatic rings. The van der Waals surface area contributed by atoms with Crippen LogP contribution in [0.4, 0.5) is 10.8 Å². The van der Waals surface area contributed by atoms with Gasteiger partial charge in [0.15, 0.2) is 0 Å². The summed E-state index contributed by atoms with van der Waals surface area (Å²) in [6.45, 7) is 7.63. The summed E-state index contributed by atoms with van der Waals surface area (Å²) in [5, 5.41) is 13.5. The Morgan fingerprint density at radius 1 is 1.47 bits per heavy atom. The predicted octanol–water partition coefficient (Wildman–Crippen LogP) is 2.12. The number of nitrogens with one attached hydrogen (secondary N) is 2. The molecule has 0 saturated heterocycles. The summed E-state index contributed by atoms with van der Waals surface area (Å²) in [6.07, 6.45) is 1.57. The molecule has 2 rings (SSSR count). The molecule has 2 N–H and O–H groups in total. The standard InChI is InChI=1S/C11H13N5O2S/c1-4-5-12-10(17)14-11-16-15-9(18-11)8-6(2)13-7(3)19-8/h4H,1,5H2,2-3H3,(H2,12,14,16,17). The van der Waals surface area contributed by atoms with Crippen molar-refractivity contribution in [1.82, 2.24) is 20.5 Å². The van der Waals surface area contributed by atoms with Crippen molar-refractivity contribution in [2.24, 2.45) is 0 Å². The Morgan fingerprint density at radius 3 is 2.89 bits per heavy atom. The van der Waals surface area contributed by atoms with Crippen LogP contribution in [0.15, 0.2) is 17.1 Å². The van der Waals surface area contributed by atoms with Crippen LogP contribution in [0.3, 0.4) is 0 Å². The Labute approximate surface area is 113 Å². The van der Waals surface area contributed by atoms with Crippen LogP contribution < -0.4 is 10.6 Å². The molecule has 0 fully saturated rings. The van der Waals surface area contributed by atoms with Crippen LogP contribution in [0.25, 0.3) is 10.8 Å². The van der Waals surface area contributed by atoms with Crippen molar-refractivity contribution in [1.29, 1.82) is 0 Å². The van der Waals surface area contributed by atoms with Gasteiger partial charge in [0, 0.05) is 6.54 Å². The Morgan fingerprint density at radius 2 is 2.26 bits per heavy atom. The zero-order chi connectivity index (χ0) is 13.8. The van der Waals surface area contributed by atoms with Crippen LogP contribution >= 0.6 is 11.3 Å². The van der Waals surface area contributed by atoms with Crippen LogP contribution in [0.5, 0.6) is 0 Å². The molecule has 0 radical (unpaired) electrons. The SMILES string of the molecule is C=CCNC(=O)Nc1nnc(-c2sc(C)nc2C)o1. The van der Waals surface area contributed by atoms with Crippen LogP contribution in [-0.4, -0.2) is 27.8 Å². The number of anilines is 1. The second-order valence-corrected chi connectivity index (χ2v) is 4.89. The van der Waals surface area contributed by atoms with Gasteiger partial charge in [-0.05, 0) is 13.8 Å². The van der Waals surface area contributed by atoms with Crippen molar-refractivity contribution in [2.45, 2.75) is 13.8 Å². The van der Waals surface area contributed by atoms with E-state index in [1.54, 1.807) is 6.08 Å². The first-order valence-electron chi connectivity index (χ1n) is 5.54. The number of aromatic nitrogens is 3. The fourth-order valence-electron chi connectivity index (χ4n) is 1.40. The van der Waals surface area contributed by atoms with E-state index in [-0.39, 0.29) is 6.01 Å². The van der Waals surface area contributed by atoms with Gasteiger partial charge in [-0.1, -0.05) is 11.2 Å². The van der Waals surface area contributed by atoms with Gasteiger partial charge in [-0.3, -0.25) is 5.32 Å². The van der Waals surface area contributed by atoms with E-state index in [4.69, 9.17) is 4.42 Å². The average molecular weight is 279 g/mol. The zero-order valence-electron chi connectivity index (χ0n) is 10.6. The Balaban J connectivity index is 2.09. The molecule has 0 saturated carbocycles. The third kappa shape index (κ3) is 3.16. The van der Waals surface area contributed by atoms with Crippen molar-refractivity contribution in [3.63, 3.8) is 0 Å². The quantitative estimate of drug-likeness (QED) is 0.836. The normalized spacial score (nSPS) is 10.2. The number of hydrogen-bond acceptors (Lipinski definition) is 6. The predicted molar refractivity (Wildman–Crippen MR) is 72.1 cm³/mol. The monoisotopic (exact) mass is 279 g/mol. The molecule has 0 spiro atoms. The Hall–Kier alpha value is -2.22. The lowest BCUT2D eigenvalue weighted by atomic mass is 10.4. The van der Waals surface area contributed by atoms with Crippen LogP contribution in [0, 0.1) is 13.8 Å². The first kappa shape index (κ1) is 13.2. The molecule has 0 unspecified atom stereocenters. The maximum Gasteiger partial charge on any atom is 0.324 e. The average Bonchev–Trinajstić information content (AvgIpc) is 2.93. The molecule has 0 bridgehead atoms. The molecular formula is C11H13N5O2S. The van der Waals surface area contributed by atoms with Crippen molar-refractivity contribution in [2.75, 3.05) is 11.9 Å². The number of aryl methyl sites for hydroxylation is 2. The second-order valence-electron chi connectivity index (χ2n) is 3.68. The molecular weight excluding hydrogens is 266 g/mol. The molecule has 8 heteroatoms. The summed E-state index contributed by atoms with van der Waals surface area (Å²) in [4.78, 5) is 16.5. The minimum atomic E-state index is -0.424. The molecule has 0 aliphatic carbocycles. The zero-order valence-corrected chi connectivity index (χ0v) is 11.4. The maximum absolute atomic E-state index is 11.4. The molecule has 2 aromatic heterocycles. The molecule has 0 aliphatic rings. The van der Waals surface area contributed by atoms with E-state index in [9.17, 15) is 4.79 Å². The molecule has 7 nitrogen and oxygen atoms in total. The van der Waals surface area contributed by atoms with E-state index in [0.717, 1.165) is 15.6 Å². The van der Waals surface area contributed by atoms with E-state index < -0.39 is 6.03 Å². The minimum Gasteiger partial charge on any atom is -0.402 e. The first-order valence-corrected chi connectivity index (χ1v) is 6.35. The van der Waals surface area contributed by atoms with Crippen molar-refractivity contribution < 1.29 is 9.21 Å². The third-order valence-corrected chi connectivity index (χ3v) is 3.21. The summed E-state index contributed by atoms with van der Waals surface area (Å²) in [6, 6.07) is -0.380. The van der Waals surface area contributed by atoms with Gasteiger partial charge in [0.1, 0.15) is 4.88 Å². The highest BCUT2D eigenvalue weighted by molar-refractivity contribution is 7.15. The van der Waals surface area contributed by atoms with Crippen molar-refractivity contribution >= 4 is 23.4 Å². The highest BCUT2D eigenvalue weighted by Gasteiger charge is 2.15. The summed E-state index contributed by atoms with van der Waals surface area (Å²) >= 11 is 1.46. The van der Waals surface area contributed by atoms with Gasteiger partial charge >= 0.3 is 12.0 Å². The van der Waals surface area contributed by atoms with Gasteiger partial charge < -0.3 is 9.73 Å². The largest absolute Gasteiger partial charge is 0.402 e. The number of carbonyl (C=O) groups is 1. The van der Waals surface area contributed by atoms with Gasteiger partial charge in [-0.25, -0.2) is 9.78 Å². The van der Waals surface area contributed by atoms with Crippen molar-refractivity contribution in [3.8, 4) is 10.8 Å². The van der Waals surface area contributed by atoms with E-state index in [1.807, 2.05) is 13.8 Å². The number of hydrogen-bond donors (Lipinski definition) is 2. The number of amides is 2. The van der Waals surface area contributed by atoms with E-state index in [0.29, 0.717) is 12.4 Å². The molecule has 19 heavy (non-hydrogen) atoms. The number of carbonyl (C=O) groups excluding carboxylic acids is 1. The van der Waals surface area contributed by atoms with Gasteiger partial charge in [-0.15, -0.1) is 23.0 Å². The number of nitrogens with zero attached hydrogens (tertiary/aromatic N) is 3. The van der Waals surface area contributed by atoms with E-state index in [1.165, 1.54) is 11.3 Å². The first-order chi connectivity index (χ1) is 9.10. The van der Waals surface area contributed by atoms with E-state index in [2.05, 4.69) is 32.4 Å². The number of thiazole rings is 1.